The molecule has 0 amide bonds. The Morgan fingerprint density at radius 1 is 1.28 bits per heavy atom. The molecule has 2 aliphatic heterocycles. The summed E-state index contributed by atoms with van der Waals surface area (Å²) < 4.78 is 0. The van der Waals surface area contributed by atoms with Gasteiger partial charge < -0.3 is 10.2 Å². The molecule has 0 aromatic carbocycles. The normalized spacial score (nSPS) is 29.3. The highest BCUT2D eigenvalue weighted by Crippen LogP contribution is 2.13. The molecule has 2 rings (SSSR count). The minimum absolute atomic E-state index is 0.761. The molecule has 0 saturated carbocycles. The maximum Gasteiger partial charge on any atom is 0.0170 e. The molecule has 0 radical (unpaired) electrons. The van der Waals surface area contributed by atoms with Gasteiger partial charge in [0.1, 0.15) is 0 Å². The third-order valence-corrected chi connectivity index (χ3v) is 5.54. The molecule has 2 aliphatic rings. The molecular weight excluding hydrogens is 242 g/mol. The molecule has 2 unspecified atom stereocenters. The van der Waals surface area contributed by atoms with Gasteiger partial charge in [-0.05, 0) is 26.3 Å². The Morgan fingerprint density at radius 3 is 2.67 bits per heavy atom. The fraction of sp³-hybridized carbons (Fsp3) is 1.00. The van der Waals surface area contributed by atoms with E-state index >= 15 is 0 Å². The van der Waals surface area contributed by atoms with Crippen molar-refractivity contribution in [3.05, 3.63) is 0 Å². The van der Waals surface area contributed by atoms with Crippen molar-refractivity contribution in [3.63, 3.8) is 0 Å². The van der Waals surface area contributed by atoms with Crippen LogP contribution in [0.1, 0.15) is 26.7 Å². The Bertz CT molecular complexity index is 223. The largest absolute Gasteiger partial charge is 0.312 e. The number of hydrogen-bond donors (Lipinski definition) is 1. The summed E-state index contributed by atoms with van der Waals surface area (Å²) in [7, 11) is 0. The zero-order valence-corrected chi connectivity index (χ0v) is 12.8. The third-order valence-electron chi connectivity index (χ3n) is 4.41. The molecule has 4 heteroatoms. The smallest absolute Gasteiger partial charge is 0.0170 e. The summed E-state index contributed by atoms with van der Waals surface area (Å²) in [6.07, 6.45) is 2.61. The van der Waals surface area contributed by atoms with Gasteiger partial charge in [-0.2, -0.15) is 11.8 Å². The van der Waals surface area contributed by atoms with Crippen LogP contribution in [0.25, 0.3) is 0 Å². The van der Waals surface area contributed by atoms with E-state index in [1.54, 1.807) is 0 Å². The van der Waals surface area contributed by atoms with Crippen LogP contribution >= 0.6 is 11.8 Å². The Morgan fingerprint density at radius 2 is 2.06 bits per heavy atom. The standard InChI is InChI=1S/C14H29N3S/c1-3-13(2)17-9-7-16(8-10-17)6-4-14-12-18-11-5-15-14/h13-15H,3-12H2,1-2H3. The van der Waals surface area contributed by atoms with Gasteiger partial charge in [0.2, 0.25) is 0 Å². The van der Waals surface area contributed by atoms with E-state index in [9.17, 15) is 0 Å². The number of nitrogens with one attached hydrogen (secondary N) is 1. The van der Waals surface area contributed by atoms with Crippen molar-refractivity contribution < 1.29 is 0 Å². The first-order valence-corrected chi connectivity index (χ1v) is 8.72. The SMILES string of the molecule is CCC(C)N1CCN(CCC2CSCCN2)CC1. The van der Waals surface area contributed by atoms with Crippen molar-refractivity contribution in [1.82, 2.24) is 15.1 Å². The van der Waals surface area contributed by atoms with Gasteiger partial charge in [-0.15, -0.1) is 0 Å². The van der Waals surface area contributed by atoms with Crippen LogP contribution in [0, 0.1) is 0 Å². The molecule has 3 nitrogen and oxygen atoms in total. The van der Waals surface area contributed by atoms with Crippen LogP contribution in [0.15, 0.2) is 0 Å². The van der Waals surface area contributed by atoms with Gasteiger partial charge in [-0.25, -0.2) is 0 Å². The van der Waals surface area contributed by atoms with E-state index in [-0.39, 0.29) is 0 Å². The van der Waals surface area contributed by atoms with Crippen molar-refractivity contribution >= 4 is 11.8 Å². The van der Waals surface area contributed by atoms with Gasteiger partial charge in [0.15, 0.2) is 0 Å². The highest BCUT2D eigenvalue weighted by atomic mass is 32.2. The molecule has 0 aliphatic carbocycles. The molecule has 2 atom stereocenters. The highest BCUT2D eigenvalue weighted by Gasteiger charge is 2.21. The summed E-state index contributed by atoms with van der Waals surface area (Å²) in [5.74, 6) is 2.61. The average molecular weight is 271 g/mol. The number of rotatable bonds is 5. The molecule has 2 heterocycles. The van der Waals surface area contributed by atoms with E-state index in [4.69, 9.17) is 0 Å². The van der Waals surface area contributed by atoms with Crippen LogP contribution < -0.4 is 5.32 Å². The molecule has 106 valence electrons. The maximum absolute atomic E-state index is 3.64. The van der Waals surface area contributed by atoms with Crippen molar-refractivity contribution in [2.24, 2.45) is 0 Å². The Kier molecular flexibility index (Phi) is 6.29. The molecule has 0 spiro atoms. The van der Waals surface area contributed by atoms with Gasteiger partial charge in [0.05, 0.1) is 0 Å². The van der Waals surface area contributed by atoms with Crippen LogP contribution in [0.2, 0.25) is 0 Å². The van der Waals surface area contributed by atoms with Crippen molar-refractivity contribution in [2.75, 3.05) is 50.8 Å². The first-order chi connectivity index (χ1) is 8.79. The Labute approximate surface area is 117 Å². The zero-order valence-electron chi connectivity index (χ0n) is 12.0. The lowest BCUT2D eigenvalue weighted by atomic mass is 10.1. The molecule has 2 saturated heterocycles. The zero-order chi connectivity index (χ0) is 12.8. The van der Waals surface area contributed by atoms with Gasteiger partial charge in [0, 0.05) is 56.3 Å². The molecular formula is C14H29N3S. The van der Waals surface area contributed by atoms with Gasteiger partial charge in [0.25, 0.3) is 0 Å². The van der Waals surface area contributed by atoms with E-state index in [2.05, 4.69) is 40.7 Å². The van der Waals surface area contributed by atoms with E-state index in [0.717, 1.165) is 12.1 Å². The van der Waals surface area contributed by atoms with Crippen molar-refractivity contribution in [2.45, 2.75) is 38.8 Å². The molecule has 0 bridgehead atoms. The monoisotopic (exact) mass is 271 g/mol. The topological polar surface area (TPSA) is 18.5 Å². The summed E-state index contributed by atoms with van der Waals surface area (Å²) in [5.41, 5.74) is 0. The second-order valence-electron chi connectivity index (χ2n) is 5.65. The van der Waals surface area contributed by atoms with Crippen molar-refractivity contribution in [3.8, 4) is 0 Å². The molecule has 0 aromatic heterocycles. The summed E-state index contributed by atoms with van der Waals surface area (Å²) in [6.45, 7) is 12.2. The second-order valence-corrected chi connectivity index (χ2v) is 6.80. The van der Waals surface area contributed by atoms with E-state index in [1.807, 2.05) is 0 Å². The van der Waals surface area contributed by atoms with Crippen LogP contribution in [0.4, 0.5) is 0 Å². The maximum atomic E-state index is 3.64. The Balaban J connectivity index is 1.61. The van der Waals surface area contributed by atoms with Crippen LogP contribution in [-0.2, 0) is 0 Å². The van der Waals surface area contributed by atoms with E-state index in [1.165, 1.54) is 63.6 Å². The van der Waals surface area contributed by atoms with Crippen LogP contribution in [0.5, 0.6) is 0 Å². The van der Waals surface area contributed by atoms with Crippen LogP contribution in [-0.4, -0.2) is 72.7 Å². The number of hydrogen-bond acceptors (Lipinski definition) is 4. The number of nitrogens with zero attached hydrogens (tertiary/aromatic N) is 2. The summed E-state index contributed by atoms with van der Waals surface area (Å²) >= 11 is 2.11. The summed E-state index contributed by atoms with van der Waals surface area (Å²) in [5, 5.41) is 3.64. The average Bonchev–Trinajstić information content (AvgIpc) is 2.46. The summed E-state index contributed by atoms with van der Waals surface area (Å²) in [4.78, 5) is 5.30. The van der Waals surface area contributed by atoms with Gasteiger partial charge in [-0.1, -0.05) is 6.92 Å². The van der Waals surface area contributed by atoms with Gasteiger partial charge >= 0.3 is 0 Å². The fourth-order valence-corrected chi connectivity index (χ4v) is 3.83. The predicted molar refractivity (Wildman–Crippen MR) is 81.5 cm³/mol. The van der Waals surface area contributed by atoms with E-state index in [0.29, 0.717) is 0 Å². The number of thioether (sulfide) groups is 1. The first-order valence-electron chi connectivity index (χ1n) is 7.57. The lowest BCUT2D eigenvalue weighted by Crippen LogP contribution is -2.50. The molecule has 0 aromatic rings. The summed E-state index contributed by atoms with van der Waals surface area (Å²) in [6, 6.07) is 1.53. The third kappa shape index (κ3) is 4.41. The lowest BCUT2D eigenvalue weighted by Gasteiger charge is -2.38. The van der Waals surface area contributed by atoms with Crippen LogP contribution in [0.3, 0.4) is 0 Å². The van der Waals surface area contributed by atoms with Crippen molar-refractivity contribution in [1.29, 1.82) is 0 Å². The number of piperazine rings is 1. The quantitative estimate of drug-likeness (QED) is 0.816. The van der Waals surface area contributed by atoms with Gasteiger partial charge in [-0.3, -0.25) is 4.90 Å². The molecule has 1 N–H and O–H groups in total. The Hall–Kier alpha value is 0.230. The highest BCUT2D eigenvalue weighted by molar-refractivity contribution is 7.99. The second kappa shape index (κ2) is 7.73. The first kappa shape index (κ1) is 14.6. The minimum atomic E-state index is 0.761. The molecule has 18 heavy (non-hydrogen) atoms. The predicted octanol–water partition coefficient (Wildman–Crippen LogP) is 1.50. The molecule has 2 fully saturated rings. The lowest BCUT2D eigenvalue weighted by molar-refractivity contribution is 0.0983. The van der Waals surface area contributed by atoms with E-state index < -0.39 is 0 Å². The fourth-order valence-electron chi connectivity index (χ4n) is 2.83. The minimum Gasteiger partial charge on any atom is -0.312 e.